The Bertz CT molecular complexity index is 451. The van der Waals surface area contributed by atoms with Gasteiger partial charge in [-0.15, -0.1) is 0 Å². The van der Waals surface area contributed by atoms with Gasteiger partial charge in [0.1, 0.15) is 12.7 Å². The lowest BCUT2D eigenvalue weighted by atomic mass is 10.2. The van der Waals surface area contributed by atoms with E-state index in [9.17, 15) is 0 Å². The summed E-state index contributed by atoms with van der Waals surface area (Å²) in [7, 11) is 0. The Balaban J connectivity index is 1.88. The lowest BCUT2D eigenvalue weighted by molar-refractivity contribution is 0.685. The number of hydrogen-bond donors (Lipinski definition) is 1. The predicted molar refractivity (Wildman–Crippen MR) is 73.6 cm³/mol. The molecule has 96 valence electrons. The van der Waals surface area contributed by atoms with Gasteiger partial charge >= 0.3 is 0 Å². The fourth-order valence-corrected chi connectivity index (χ4v) is 1.89. The molecule has 1 aromatic carbocycles. The summed E-state index contributed by atoms with van der Waals surface area (Å²) < 4.78 is 1.83. The molecule has 0 radical (unpaired) electrons. The molecule has 0 spiro atoms. The number of benzene rings is 1. The van der Waals surface area contributed by atoms with Crippen LogP contribution in [0.25, 0.3) is 0 Å². The van der Waals surface area contributed by atoms with Crippen molar-refractivity contribution in [2.24, 2.45) is 0 Å². The van der Waals surface area contributed by atoms with Gasteiger partial charge in [0.2, 0.25) is 0 Å². The molecule has 0 aliphatic rings. The van der Waals surface area contributed by atoms with Crippen molar-refractivity contribution in [1.82, 2.24) is 14.8 Å². The standard InChI is InChI=1S/C14H20N4/c1-2-3-4-8-16-14-7-5-6-13(9-14)10-18-12-15-11-17-18/h5-7,9,11-12,16H,2-4,8,10H2,1H3. The van der Waals surface area contributed by atoms with Crippen molar-refractivity contribution in [3.8, 4) is 0 Å². The smallest absolute Gasteiger partial charge is 0.137 e. The molecule has 4 heteroatoms. The van der Waals surface area contributed by atoms with Crippen LogP contribution in [0.5, 0.6) is 0 Å². The first-order chi connectivity index (χ1) is 8.88. The van der Waals surface area contributed by atoms with Gasteiger partial charge in [0.05, 0.1) is 6.54 Å². The van der Waals surface area contributed by atoms with E-state index in [4.69, 9.17) is 0 Å². The van der Waals surface area contributed by atoms with Gasteiger partial charge in [-0.2, -0.15) is 5.10 Å². The molecule has 4 nitrogen and oxygen atoms in total. The molecular weight excluding hydrogens is 224 g/mol. The number of rotatable bonds is 7. The summed E-state index contributed by atoms with van der Waals surface area (Å²) >= 11 is 0. The summed E-state index contributed by atoms with van der Waals surface area (Å²) in [6.07, 6.45) is 7.07. The van der Waals surface area contributed by atoms with Crippen LogP contribution >= 0.6 is 0 Å². The Hall–Kier alpha value is -1.84. The van der Waals surface area contributed by atoms with Crippen molar-refractivity contribution >= 4 is 5.69 Å². The monoisotopic (exact) mass is 244 g/mol. The van der Waals surface area contributed by atoms with Crippen LogP contribution < -0.4 is 5.32 Å². The van der Waals surface area contributed by atoms with Crippen LogP contribution in [0.2, 0.25) is 0 Å². The van der Waals surface area contributed by atoms with Gasteiger partial charge < -0.3 is 5.32 Å². The van der Waals surface area contributed by atoms with E-state index in [-0.39, 0.29) is 0 Å². The summed E-state index contributed by atoms with van der Waals surface area (Å²) in [5.41, 5.74) is 2.42. The molecule has 0 aliphatic heterocycles. The average molecular weight is 244 g/mol. The molecule has 0 atom stereocenters. The second-order valence-corrected chi connectivity index (χ2v) is 4.43. The number of hydrogen-bond acceptors (Lipinski definition) is 3. The maximum Gasteiger partial charge on any atom is 0.137 e. The van der Waals surface area contributed by atoms with Gasteiger partial charge in [-0.1, -0.05) is 31.9 Å². The Labute approximate surface area is 108 Å². The number of nitrogens with one attached hydrogen (secondary N) is 1. The Morgan fingerprint density at radius 3 is 3.00 bits per heavy atom. The molecular formula is C14H20N4. The first-order valence-corrected chi connectivity index (χ1v) is 6.53. The Kier molecular flexibility index (Phi) is 4.76. The van der Waals surface area contributed by atoms with Crippen molar-refractivity contribution in [2.75, 3.05) is 11.9 Å². The van der Waals surface area contributed by atoms with Gasteiger partial charge in [0.15, 0.2) is 0 Å². The van der Waals surface area contributed by atoms with Gasteiger partial charge in [0, 0.05) is 12.2 Å². The van der Waals surface area contributed by atoms with E-state index >= 15 is 0 Å². The van der Waals surface area contributed by atoms with Crippen LogP contribution in [-0.2, 0) is 6.54 Å². The van der Waals surface area contributed by atoms with Crippen LogP contribution in [0.1, 0.15) is 31.7 Å². The highest BCUT2D eigenvalue weighted by molar-refractivity contribution is 5.45. The minimum absolute atomic E-state index is 0.768. The lowest BCUT2D eigenvalue weighted by Gasteiger charge is -2.08. The van der Waals surface area contributed by atoms with E-state index in [1.807, 2.05) is 4.68 Å². The number of nitrogens with zero attached hydrogens (tertiary/aromatic N) is 3. The molecule has 0 aliphatic carbocycles. The zero-order chi connectivity index (χ0) is 12.6. The van der Waals surface area contributed by atoms with Crippen molar-refractivity contribution < 1.29 is 0 Å². The highest BCUT2D eigenvalue weighted by Crippen LogP contribution is 2.11. The largest absolute Gasteiger partial charge is 0.385 e. The fraction of sp³-hybridized carbons (Fsp3) is 0.429. The highest BCUT2D eigenvalue weighted by atomic mass is 15.3. The molecule has 0 saturated carbocycles. The van der Waals surface area contributed by atoms with Gasteiger partial charge in [-0.25, -0.2) is 9.67 Å². The normalized spacial score (nSPS) is 10.5. The molecule has 18 heavy (non-hydrogen) atoms. The minimum atomic E-state index is 0.768. The molecule has 0 unspecified atom stereocenters. The second kappa shape index (κ2) is 6.79. The van der Waals surface area contributed by atoms with Crippen molar-refractivity contribution in [1.29, 1.82) is 0 Å². The first kappa shape index (κ1) is 12.6. The van der Waals surface area contributed by atoms with E-state index in [2.05, 4.69) is 46.6 Å². The summed E-state index contributed by atoms with van der Waals surface area (Å²) in [6.45, 7) is 4.03. The predicted octanol–water partition coefficient (Wildman–Crippen LogP) is 2.93. The van der Waals surface area contributed by atoms with E-state index in [0.29, 0.717) is 0 Å². The quantitative estimate of drug-likeness (QED) is 0.761. The van der Waals surface area contributed by atoms with Crippen LogP contribution in [0.15, 0.2) is 36.9 Å². The molecule has 0 fully saturated rings. The summed E-state index contributed by atoms with van der Waals surface area (Å²) in [5, 5.41) is 7.57. The van der Waals surface area contributed by atoms with Gasteiger partial charge in [-0.05, 0) is 24.1 Å². The van der Waals surface area contributed by atoms with E-state index < -0.39 is 0 Å². The SMILES string of the molecule is CCCCCNc1cccc(Cn2cncn2)c1. The molecule has 0 saturated heterocycles. The molecule has 1 N–H and O–H groups in total. The van der Waals surface area contributed by atoms with Gasteiger partial charge in [-0.3, -0.25) is 0 Å². The third-order valence-corrected chi connectivity index (χ3v) is 2.85. The topological polar surface area (TPSA) is 42.7 Å². The molecule has 1 aromatic heterocycles. The third-order valence-electron chi connectivity index (χ3n) is 2.85. The number of anilines is 1. The van der Waals surface area contributed by atoms with Crippen LogP contribution in [0, 0.1) is 0 Å². The van der Waals surface area contributed by atoms with E-state index in [1.54, 1.807) is 12.7 Å². The lowest BCUT2D eigenvalue weighted by Crippen LogP contribution is -2.03. The minimum Gasteiger partial charge on any atom is -0.385 e. The number of unbranched alkanes of at least 4 members (excludes halogenated alkanes) is 2. The van der Waals surface area contributed by atoms with E-state index in [0.717, 1.165) is 13.1 Å². The van der Waals surface area contributed by atoms with Crippen molar-refractivity contribution in [3.05, 3.63) is 42.5 Å². The Morgan fingerprint density at radius 1 is 1.28 bits per heavy atom. The summed E-state index contributed by atoms with van der Waals surface area (Å²) in [5.74, 6) is 0. The molecule has 1 heterocycles. The number of aromatic nitrogens is 3. The molecule has 2 aromatic rings. The fourth-order valence-electron chi connectivity index (χ4n) is 1.89. The average Bonchev–Trinajstić information content (AvgIpc) is 2.88. The summed E-state index contributed by atoms with van der Waals surface area (Å²) in [6, 6.07) is 8.47. The van der Waals surface area contributed by atoms with E-state index in [1.165, 1.54) is 30.5 Å². The zero-order valence-corrected chi connectivity index (χ0v) is 10.8. The molecule has 0 bridgehead atoms. The molecule has 2 rings (SSSR count). The summed E-state index contributed by atoms with van der Waals surface area (Å²) in [4.78, 5) is 3.95. The third kappa shape index (κ3) is 3.87. The highest BCUT2D eigenvalue weighted by Gasteiger charge is 1.97. The van der Waals surface area contributed by atoms with Crippen molar-refractivity contribution in [2.45, 2.75) is 32.7 Å². The zero-order valence-electron chi connectivity index (χ0n) is 10.8. The van der Waals surface area contributed by atoms with Crippen LogP contribution in [-0.4, -0.2) is 21.3 Å². The van der Waals surface area contributed by atoms with Crippen LogP contribution in [0.3, 0.4) is 0 Å². The first-order valence-electron chi connectivity index (χ1n) is 6.53. The maximum absolute atomic E-state index is 4.11. The second-order valence-electron chi connectivity index (χ2n) is 4.43. The maximum atomic E-state index is 4.11. The Morgan fingerprint density at radius 2 is 2.22 bits per heavy atom. The van der Waals surface area contributed by atoms with Gasteiger partial charge in [0.25, 0.3) is 0 Å². The van der Waals surface area contributed by atoms with Crippen LogP contribution in [0.4, 0.5) is 5.69 Å². The molecule has 0 amide bonds. The van der Waals surface area contributed by atoms with Crippen molar-refractivity contribution in [3.63, 3.8) is 0 Å².